The molecule has 0 aliphatic heterocycles. The summed E-state index contributed by atoms with van der Waals surface area (Å²) in [5.74, 6) is 0. The summed E-state index contributed by atoms with van der Waals surface area (Å²) in [5, 5.41) is 13.1. The molecule has 11 rings (SSSR count). The Bertz CT molecular complexity index is 3080. The number of thiophene rings is 2. The molecule has 0 amide bonds. The van der Waals surface area contributed by atoms with E-state index < -0.39 is 0 Å². The van der Waals surface area contributed by atoms with Gasteiger partial charge in [0.05, 0.1) is 0 Å². The molecule has 0 aliphatic rings. The van der Waals surface area contributed by atoms with Crippen LogP contribution in [0, 0.1) is 0 Å². The standard InChI is InChI=1S/C48H28S2/c1-2-10-29(11-3-1)30-18-19-32-27-33(21-20-31(32)26-30)45-36-13-4-6-15-38(36)46(39-16-7-5-14-37(39)45)34-22-24-43-41(28-34)47-44(49-43)25-23-40-35-12-8-9-17-42(35)50-48(40)47/h1-28H. The van der Waals surface area contributed by atoms with E-state index in [1.165, 1.54) is 106 Å². The fraction of sp³-hybridized carbons (Fsp3) is 0. The average molecular weight is 669 g/mol. The molecule has 0 spiro atoms. The molecule has 0 unspecified atom stereocenters. The maximum atomic E-state index is 2.46. The van der Waals surface area contributed by atoms with Crippen molar-refractivity contribution in [3.63, 3.8) is 0 Å². The minimum absolute atomic E-state index is 1.24. The van der Waals surface area contributed by atoms with E-state index in [1.54, 1.807) is 0 Å². The molecule has 2 aromatic heterocycles. The van der Waals surface area contributed by atoms with Gasteiger partial charge in [-0.2, -0.15) is 0 Å². The second-order valence-corrected chi connectivity index (χ2v) is 15.3. The van der Waals surface area contributed by atoms with Crippen LogP contribution in [-0.2, 0) is 0 Å². The van der Waals surface area contributed by atoms with Gasteiger partial charge in [-0.25, -0.2) is 0 Å². The summed E-state index contributed by atoms with van der Waals surface area (Å²) >= 11 is 3.83. The first-order chi connectivity index (χ1) is 24.8. The zero-order valence-electron chi connectivity index (χ0n) is 27.0. The van der Waals surface area contributed by atoms with E-state index in [2.05, 4.69) is 170 Å². The van der Waals surface area contributed by atoms with Gasteiger partial charge in [0.2, 0.25) is 0 Å². The van der Waals surface area contributed by atoms with Crippen molar-refractivity contribution in [1.29, 1.82) is 0 Å². The summed E-state index contributed by atoms with van der Waals surface area (Å²) in [6, 6.07) is 63.1. The molecular formula is C48H28S2. The van der Waals surface area contributed by atoms with Crippen LogP contribution in [0.1, 0.15) is 0 Å². The Balaban J connectivity index is 1.15. The molecule has 0 atom stereocenters. The fourth-order valence-corrected chi connectivity index (χ4v) is 10.6. The second kappa shape index (κ2) is 10.9. The van der Waals surface area contributed by atoms with Crippen molar-refractivity contribution in [2.45, 2.75) is 0 Å². The Hall–Kier alpha value is -5.80. The van der Waals surface area contributed by atoms with Crippen LogP contribution in [0.2, 0.25) is 0 Å². The van der Waals surface area contributed by atoms with Crippen molar-refractivity contribution in [3.05, 3.63) is 170 Å². The summed E-state index contributed by atoms with van der Waals surface area (Å²) in [6.45, 7) is 0. The third-order valence-corrected chi connectivity index (χ3v) is 12.8. The van der Waals surface area contributed by atoms with E-state index in [9.17, 15) is 0 Å². The van der Waals surface area contributed by atoms with Crippen molar-refractivity contribution in [3.8, 4) is 33.4 Å². The monoisotopic (exact) mass is 668 g/mol. The normalized spacial score (nSPS) is 12.0. The zero-order valence-corrected chi connectivity index (χ0v) is 28.6. The van der Waals surface area contributed by atoms with Gasteiger partial charge in [-0.1, -0.05) is 133 Å². The lowest BCUT2D eigenvalue weighted by atomic mass is 9.85. The Kier molecular flexibility index (Phi) is 6.09. The molecule has 11 aromatic rings. The number of benzene rings is 9. The van der Waals surface area contributed by atoms with Crippen LogP contribution in [0.3, 0.4) is 0 Å². The van der Waals surface area contributed by atoms with Crippen LogP contribution in [0.15, 0.2) is 170 Å². The zero-order chi connectivity index (χ0) is 32.8. The quantitative estimate of drug-likeness (QED) is 0.164. The third kappa shape index (κ3) is 4.16. The predicted octanol–water partition coefficient (Wildman–Crippen LogP) is 14.9. The minimum Gasteiger partial charge on any atom is -0.135 e. The van der Waals surface area contributed by atoms with E-state index >= 15 is 0 Å². The smallest absolute Gasteiger partial charge is 0.0448 e. The van der Waals surface area contributed by atoms with E-state index in [4.69, 9.17) is 0 Å². The summed E-state index contributed by atoms with van der Waals surface area (Å²) in [4.78, 5) is 0. The maximum Gasteiger partial charge on any atom is 0.0448 e. The summed E-state index contributed by atoms with van der Waals surface area (Å²) in [5.41, 5.74) is 7.60. The van der Waals surface area contributed by atoms with Crippen LogP contribution < -0.4 is 0 Å². The van der Waals surface area contributed by atoms with Crippen molar-refractivity contribution in [2.75, 3.05) is 0 Å². The number of rotatable bonds is 3. The Labute approximate surface area is 297 Å². The molecule has 0 bridgehead atoms. The van der Waals surface area contributed by atoms with Crippen molar-refractivity contribution < 1.29 is 0 Å². The predicted molar refractivity (Wildman–Crippen MR) is 221 cm³/mol. The van der Waals surface area contributed by atoms with Gasteiger partial charge < -0.3 is 0 Å². The summed E-state index contributed by atoms with van der Waals surface area (Å²) in [7, 11) is 0. The maximum absolute atomic E-state index is 2.46. The van der Waals surface area contributed by atoms with Crippen molar-refractivity contribution in [2.24, 2.45) is 0 Å². The molecule has 0 N–H and O–H groups in total. The summed E-state index contributed by atoms with van der Waals surface area (Å²) in [6.07, 6.45) is 0. The Morgan fingerprint density at radius 3 is 1.50 bits per heavy atom. The lowest BCUT2D eigenvalue weighted by Crippen LogP contribution is -1.91. The highest BCUT2D eigenvalue weighted by Crippen LogP contribution is 2.48. The molecule has 0 aliphatic carbocycles. The van der Waals surface area contributed by atoms with E-state index in [0.29, 0.717) is 0 Å². The number of fused-ring (bicyclic) bond motifs is 10. The molecule has 0 nitrogen and oxygen atoms in total. The highest BCUT2D eigenvalue weighted by molar-refractivity contribution is 7.29. The van der Waals surface area contributed by atoms with Gasteiger partial charge in [-0.05, 0) is 102 Å². The van der Waals surface area contributed by atoms with Crippen LogP contribution in [0.25, 0.3) is 106 Å². The average Bonchev–Trinajstić information content (AvgIpc) is 3.75. The van der Waals surface area contributed by atoms with Crippen LogP contribution >= 0.6 is 22.7 Å². The van der Waals surface area contributed by atoms with Crippen LogP contribution in [0.5, 0.6) is 0 Å². The van der Waals surface area contributed by atoms with E-state index in [-0.39, 0.29) is 0 Å². The lowest BCUT2D eigenvalue weighted by molar-refractivity contribution is 1.64. The molecule has 9 aromatic carbocycles. The molecule has 0 fully saturated rings. The number of hydrogen-bond acceptors (Lipinski definition) is 2. The second-order valence-electron chi connectivity index (χ2n) is 13.2. The first kappa shape index (κ1) is 28.1. The van der Waals surface area contributed by atoms with Gasteiger partial charge in [0.15, 0.2) is 0 Å². The lowest BCUT2D eigenvalue weighted by Gasteiger charge is -2.18. The van der Waals surface area contributed by atoms with Gasteiger partial charge in [0, 0.05) is 40.3 Å². The van der Waals surface area contributed by atoms with Crippen LogP contribution in [-0.4, -0.2) is 0 Å². The van der Waals surface area contributed by atoms with Crippen molar-refractivity contribution >= 4 is 95.3 Å². The SMILES string of the molecule is c1ccc(-c2ccc3cc(-c4c5ccccc5c(-c5ccc6sc7ccc8c9ccccc9sc8c7c6c5)c5ccccc45)ccc3c2)cc1. The minimum atomic E-state index is 1.24. The van der Waals surface area contributed by atoms with Crippen LogP contribution in [0.4, 0.5) is 0 Å². The fourth-order valence-electron chi connectivity index (χ4n) is 8.16. The molecular weight excluding hydrogens is 641 g/mol. The molecule has 2 heterocycles. The Morgan fingerprint density at radius 2 is 0.800 bits per heavy atom. The van der Waals surface area contributed by atoms with Crippen molar-refractivity contribution in [1.82, 2.24) is 0 Å². The molecule has 50 heavy (non-hydrogen) atoms. The van der Waals surface area contributed by atoms with Gasteiger partial charge in [0.25, 0.3) is 0 Å². The van der Waals surface area contributed by atoms with Gasteiger partial charge in [-0.3, -0.25) is 0 Å². The van der Waals surface area contributed by atoms with Gasteiger partial charge in [0.1, 0.15) is 0 Å². The number of hydrogen-bond donors (Lipinski definition) is 0. The largest absolute Gasteiger partial charge is 0.135 e. The third-order valence-electron chi connectivity index (χ3n) is 10.4. The topological polar surface area (TPSA) is 0 Å². The van der Waals surface area contributed by atoms with E-state index in [1.807, 2.05) is 22.7 Å². The van der Waals surface area contributed by atoms with E-state index in [0.717, 1.165) is 0 Å². The molecule has 2 heteroatoms. The Morgan fingerprint density at radius 1 is 0.280 bits per heavy atom. The highest BCUT2D eigenvalue weighted by atomic mass is 32.1. The highest BCUT2D eigenvalue weighted by Gasteiger charge is 2.19. The first-order valence-corrected chi connectivity index (χ1v) is 18.7. The summed E-state index contributed by atoms with van der Waals surface area (Å²) < 4.78 is 5.44. The van der Waals surface area contributed by atoms with Gasteiger partial charge >= 0.3 is 0 Å². The molecule has 0 radical (unpaired) electrons. The molecule has 0 saturated carbocycles. The first-order valence-electron chi connectivity index (χ1n) is 17.1. The molecule has 232 valence electrons. The molecule has 0 saturated heterocycles. The van der Waals surface area contributed by atoms with Gasteiger partial charge in [-0.15, -0.1) is 22.7 Å².